The molecule has 0 bridgehead atoms. The number of thioether (sulfide) groups is 1. The number of hydrogen-bond acceptors (Lipinski definition) is 3. The number of nitrogens with zero attached hydrogens (tertiary/aromatic N) is 1. The van der Waals surface area contributed by atoms with Gasteiger partial charge in [0.05, 0.1) is 6.04 Å². The summed E-state index contributed by atoms with van der Waals surface area (Å²) < 4.78 is 13.0. The van der Waals surface area contributed by atoms with Gasteiger partial charge in [0.15, 0.2) is 0 Å². The van der Waals surface area contributed by atoms with Crippen LogP contribution >= 0.6 is 11.8 Å². The number of benzene rings is 1. The van der Waals surface area contributed by atoms with E-state index in [4.69, 9.17) is 5.73 Å². The van der Waals surface area contributed by atoms with Crippen LogP contribution in [0.1, 0.15) is 31.2 Å². The van der Waals surface area contributed by atoms with Crippen molar-refractivity contribution in [1.82, 2.24) is 4.90 Å². The monoisotopic (exact) mass is 310 g/mol. The summed E-state index contributed by atoms with van der Waals surface area (Å²) >= 11 is 1.70. The van der Waals surface area contributed by atoms with Crippen molar-refractivity contribution in [2.24, 2.45) is 5.73 Å². The van der Waals surface area contributed by atoms with Gasteiger partial charge in [0, 0.05) is 18.5 Å². The van der Waals surface area contributed by atoms with Gasteiger partial charge in [-0.25, -0.2) is 4.39 Å². The van der Waals surface area contributed by atoms with E-state index in [0.717, 1.165) is 17.7 Å². The third-order valence-corrected chi connectivity index (χ3v) is 4.79. The lowest BCUT2D eigenvalue weighted by atomic mass is 9.97. The van der Waals surface area contributed by atoms with E-state index in [1.54, 1.807) is 11.8 Å². The fourth-order valence-corrected chi connectivity index (χ4v) is 3.39. The van der Waals surface area contributed by atoms with Crippen LogP contribution in [-0.4, -0.2) is 41.4 Å². The number of amides is 1. The zero-order valence-corrected chi connectivity index (χ0v) is 13.4. The lowest BCUT2D eigenvalue weighted by Gasteiger charge is -2.25. The molecule has 21 heavy (non-hydrogen) atoms. The molecule has 1 heterocycles. The predicted molar refractivity (Wildman–Crippen MR) is 85.9 cm³/mol. The zero-order chi connectivity index (χ0) is 15.4. The highest BCUT2D eigenvalue weighted by atomic mass is 32.2. The van der Waals surface area contributed by atoms with E-state index >= 15 is 0 Å². The Kier molecular flexibility index (Phi) is 5.65. The Morgan fingerprint density at radius 2 is 2.14 bits per heavy atom. The standard InChI is InChI=1S/C16H23FN2OS/c1-11-9-13(12-3-5-14(17)6-4-12)10-19(11)16(20)15(18)7-8-21-2/h3-6,11,13,15H,7-10,18H2,1-2H3/t11-,13-,15+/m1/s1. The van der Waals surface area contributed by atoms with Crippen LogP contribution in [0.4, 0.5) is 4.39 Å². The number of halogens is 1. The molecular formula is C16H23FN2OS. The smallest absolute Gasteiger partial charge is 0.239 e. The molecule has 2 rings (SSSR count). The number of hydrogen-bond donors (Lipinski definition) is 1. The lowest BCUT2D eigenvalue weighted by molar-refractivity contribution is -0.133. The largest absolute Gasteiger partial charge is 0.338 e. The summed E-state index contributed by atoms with van der Waals surface area (Å²) in [4.78, 5) is 14.3. The Morgan fingerprint density at radius 3 is 2.76 bits per heavy atom. The van der Waals surface area contributed by atoms with Crippen LogP contribution in [0.25, 0.3) is 0 Å². The number of likely N-dealkylation sites (tertiary alicyclic amines) is 1. The maximum Gasteiger partial charge on any atom is 0.239 e. The Balaban J connectivity index is 2.00. The average molecular weight is 310 g/mol. The second-order valence-corrected chi connectivity index (χ2v) is 6.70. The fourth-order valence-electron chi connectivity index (χ4n) is 2.90. The normalized spacial score (nSPS) is 23.3. The summed E-state index contributed by atoms with van der Waals surface area (Å²) in [5.41, 5.74) is 7.09. The molecule has 0 aromatic heterocycles. The van der Waals surface area contributed by atoms with Crippen molar-refractivity contribution in [3.63, 3.8) is 0 Å². The first-order chi connectivity index (χ1) is 10.0. The van der Waals surface area contributed by atoms with E-state index in [0.29, 0.717) is 13.0 Å². The molecular weight excluding hydrogens is 287 g/mol. The second kappa shape index (κ2) is 7.27. The van der Waals surface area contributed by atoms with Crippen molar-refractivity contribution >= 4 is 17.7 Å². The molecule has 0 spiro atoms. The number of nitrogens with two attached hydrogens (primary N) is 1. The Hall–Kier alpha value is -1.07. The van der Waals surface area contributed by atoms with Crippen LogP contribution in [0.15, 0.2) is 24.3 Å². The Morgan fingerprint density at radius 1 is 1.48 bits per heavy atom. The molecule has 3 nitrogen and oxygen atoms in total. The van der Waals surface area contributed by atoms with Crippen LogP contribution in [0.5, 0.6) is 0 Å². The first kappa shape index (κ1) is 16.3. The summed E-state index contributed by atoms with van der Waals surface area (Å²) in [6.45, 7) is 2.74. The molecule has 0 saturated carbocycles. The van der Waals surface area contributed by atoms with E-state index in [9.17, 15) is 9.18 Å². The summed E-state index contributed by atoms with van der Waals surface area (Å²) in [5.74, 6) is 0.992. The van der Waals surface area contributed by atoms with Gasteiger partial charge in [-0.05, 0) is 49.5 Å². The van der Waals surface area contributed by atoms with Crippen LogP contribution in [0.3, 0.4) is 0 Å². The highest BCUT2D eigenvalue weighted by Gasteiger charge is 2.34. The molecule has 3 atom stereocenters. The molecule has 1 aliphatic rings. The van der Waals surface area contributed by atoms with Gasteiger partial charge >= 0.3 is 0 Å². The van der Waals surface area contributed by atoms with Gasteiger partial charge in [-0.3, -0.25) is 4.79 Å². The van der Waals surface area contributed by atoms with E-state index < -0.39 is 6.04 Å². The maximum absolute atomic E-state index is 13.0. The quantitative estimate of drug-likeness (QED) is 0.909. The first-order valence-corrected chi connectivity index (χ1v) is 8.72. The predicted octanol–water partition coefficient (Wildman–Crippen LogP) is 2.61. The van der Waals surface area contributed by atoms with Crippen LogP contribution in [0, 0.1) is 5.82 Å². The highest BCUT2D eigenvalue weighted by Crippen LogP contribution is 2.32. The van der Waals surface area contributed by atoms with Gasteiger partial charge in [-0.15, -0.1) is 0 Å². The van der Waals surface area contributed by atoms with Gasteiger partial charge < -0.3 is 10.6 Å². The fraction of sp³-hybridized carbons (Fsp3) is 0.562. The minimum Gasteiger partial charge on any atom is -0.338 e. The molecule has 0 radical (unpaired) electrons. The molecule has 1 aromatic carbocycles. The van der Waals surface area contributed by atoms with Crippen LogP contribution in [0.2, 0.25) is 0 Å². The molecule has 1 fully saturated rings. The molecule has 0 unspecified atom stereocenters. The number of carbonyl (C=O) groups excluding carboxylic acids is 1. The third kappa shape index (κ3) is 3.98. The minimum absolute atomic E-state index is 0.0427. The van der Waals surface area contributed by atoms with Gasteiger partial charge in [-0.2, -0.15) is 11.8 Å². The lowest BCUT2D eigenvalue weighted by Crippen LogP contribution is -2.45. The molecule has 1 saturated heterocycles. The van der Waals surface area contributed by atoms with Crippen LogP contribution in [-0.2, 0) is 4.79 Å². The first-order valence-electron chi connectivity index (χ1n) is 7.33. The average Bonchev–Trinajstić information content (AvgIpc) is 2.86. The molecule has 5 heteroatoms. The van der Waals surface area contributed by atoms with Gasteiger partial charge in [0.25, 0.3) is 0 Å². The van der Waals surface area contributed by atoms with E-state index in [1.807, 2.05) is 23.3 Å². The molecule has 0 aliphatic carbocycles. The number of rotatable bonds is 5. The van der Waals surface area contributed by atoms with E-state index in [-0.39, 0.29) is 23.7 Å². The molecule has 1 aromatic rings. The maximum atomic E-state index is 13.0. The summed E-state index contributed by atoms with van der Waals surface area (Å²) in [5, 5.41) is 0. The molecule has 1 amide bonds. The third-order valence-electron chi connectivity index (χ3n) is 4.15. The minimum atomic E-state index is -0.410. The van der Waals surface area contributed by atoms with Gasteiger partial charge in [0.2, 0.25) is 5.91 Å². The Labute approximate surface area is 130 Å². The van der Waals surface area contributed by atoms with E-state index in [1.165, 1.54) is 12.1 Å². The van der Waals surface area contributed by atoms with Crippen molar-refractivity contribution in [2.75, 3.05) is 18.6 Å². The summed E-state index contributed by atoms with van der Waals surface area (Å²) in [7, 11) is 0. The Bertz CT molecular complexity index is 480. The second-order valence-electron chi connectivity index (χ2n) is 5.71. The van der Waals surface area contributed by atoms with Gasteiger partial charge in [0.1, 0.15) is 5.82 Å². The van der Waals surface area contributed by atoms with Crippen molar-refractivity contribution in [1.29, 1.82) is 0 Å². The van der Waals surface area contributed by atoms with E-state index in [2.05, 4.69) is 6.92 Å². The molecule has 1 aliphatic heterocycles. The summed E-state index contributed by atoms with van der Waals surface area (Å²) in [6, 6.07) is 6.37. The van der Waals surface area contributed by atoms with Gasteiger partial charge in [-0.1, -0.05) is 12.1 Å². The molecule has 2 N–H and O–H groups in total. The highest BCUT2D eigenvalue weighted by molar-refractivity contribution is 7.98. The van der Waals surface area contributed by atoms with Crippen LogP contribution < -0.4 is 5.73 Å². The number of carbonyl (C=O) groups is 1. The van der Waals surface area contributed by atoms with Crippen molar-refractivity contribution in [3.8, 4) is 0 Å². The summed E-state index contributed by atoms with van der Waals surface area (Å²) in [6.07, 6.45) is 3.64. The van der Waals surface area contributed by atoms with Crippen molar-refractivity contribution < 1.29 is 9.18 Å². The van der Waals surface area contributed by atoms with Crippen molar-refractivity contribution in [3.05, 3.63) is 35.6 Å². The zero-order valence-electron chi connectivity index (χ0n) is 12.6. The molecule has 116 valence electrons. The topological polar surface area (TPSA) is 46.3 Å². The SMILES string of the molecule is CSCC[C@H](N)C(=O)N1C[C@H](c2ccc(F)cc2)C[C@H]1C. The van der Waals surface area contributed by atoms with Crippen molar-refractivity contribution in [2.45, 2.75) is 37.8 Å².